The van der Waals surface area contributed by atoms with Gasteiger partial charge in [0.05, 0.1) is 6.10 Å². The topological polar surface area (TPSA) is 32.3 Å². The highest BCUT2D eigenvalue weighted by Crippen LogP contribution is 2.36. The van der Waals surface area contributed by atoms with Gasteiger partial charge in [-0.05, 0) is 43.4 Å². The van der Waals surface area contributed by atoms with Gasteiger partial charge in [0.25, 0.3) is 0 Å². The normalized spacial score (nSPS) is 22.9. The molecule has 1 aromatic carbocycles. The molecule has 0 aliphatic carbocycles. The highest BCUT2D eigenvalue weighted by molar-refractivity contribution is 5.21. The van der Waals surface area contributed by atoms with Gasteiger partial charge in [-0.25, -0.2) is 4.39 Å². The molecule has 0 bridgehead atoms. The molecular weight excluding hydrogens is 253 g/mol. The lowest BCUT2D eigenvalue weighted by atomic mass is 9.87. The molecule has 2 N–H and O–H groups in total. The second-order valence-corrected chi connectivity index (χ2v) is 6.07. The van der Waals surface area contributed by atoms with Gasteiger partial charge in [-0.15, -0.1) is 0 Å². The van der Waals surface area contributed by atoms with E-state index in [0.717, 1.165) is 38.5 Å². The van der Waals surface area contributed by atoms with Gasteiger partial charge < -0.3 is 10.4 Å². The minimum Gasteiger partial charge on any atom is -0.387 e. The summed E-state index contributed by atoms with van der Waals surface area (Å²) in [5, 5.41) is 14.1. The summed E-state index contributed by atoms with van der Waals surface area (Å²) in [6, 6.07) is 6.35. The Morgan fingerprint density at radius 3 is 2.65 bits per heavy atom. The van der Waals surface area contributed by atoms with Gasteiger partial charge in [0.1, 0.15) is 5.82 Å². The molecular formula is C17H26FNO. The van der Waals surface area contributed by atoms with Crippen molar-refractivity contribution in [2.24, 2.45) is 0 Å². The van der Waals surface area contributed by atoms with Crippen molar-refractivity contribution in [3.8, 4) is 0 Å². The minimum atomic E-state index is -0.624. The molecule has 1 saturated heterocycles. The molecule has 2 rings (SSSR count). The molecule has 2 nitrogen and oxygen atoms in total. The fraction of sp³-hybridized carbons (Fsp3) is 0.647. The van der Waals surface area contributed by atoms with Crippen molar-refractivity contribution in [3.63, 3.8) is 0 Å². The Morgan fingerprint density at radius 1 is 1.35 bits per heavy atom. The van der Waals surface area contributed by atoms with E-state index in [0.29, 0.717) is 5.56 Å². The second-order valence-electron chi connectivity index (χ2n) is 6.07. The molecule has 20 heavy (non-hydrogen) atoms. The lowest BCUT2D eigenvalue weighted by molar-refractivity contribution is 0.126. The zero-order valence-electron chi connectivity index (χ0n) is 12.5. The Hall–Kier alpha value is -0.930. The Bertz CT molecular complexity index is 429. The first-order valence-corrected chi connectivity index (χ1v) is 7.81. The molecule has 1 fully saturated rings. The van der Waals surface area contributed by atoms with E-state index in [9.17, 15) is 9.50 Å². The van der Waals surface area contributed by atoms with Crippen LogP contribution < -0.4 is 5.32 Å². The summed E-state index contributed by atoms with van der Waals surface area (Å²) in [4.78, 5) is 0. The van der Waals surface area contributed by atoms with Crippen molar-refractivity contribution in [2.75, 3.05) is 0 Å². The van der Waals surface area contributed by atoms with Gasteiger partial charge in [-0.3, -0.25) is 0 Å². The first kappa shape index (κ1) is 15.5. The van der Waals surface area contributed by atoms with Crippen LogP contribution in [0.2, 0.25) is 0 Å². The number of hydrogen-bond acceptors (Lipinski definition) is 2. The van der Waals surface area contributed by atoms with Crippen LogP contribution in [0.1, 0.15) is 64.0 Å². The molecule has 0 unspecified atom stereocenters. The second kappa shape index (κ2) is 6.68. The van der Waals surface area contributed by atoms with Crippen LogP contribution in [0.3, 0.4) is 0 Å². The van der Waals surface area contributed by atoms with Crippen LogP contribution >= 0.6 is 0 Å². The molecule has 3 heteroatoms. The summed E-state index contributed by atoms with van der Waals surface area (Å²) in [5.74, 6) is -0.284. The number of aliphatic hydroxyl groups excluding tert-OH is 1. The lowest BCUT2D eigenvalue weighted by Crippen LogP contribution is -2.44. The molecule has 0 aromatic heterocycles. The molecule has 0 amide bonds. The van der Waals surface area contributed by atoms with Crippen molar-refractivity contribution < 1.29 is 9.50 Å². The fourth-order valence-electron chi connectivity index (χ4n) is 3.61. The number of rotatable bonds is 6. The standard InChI is InChI=1S/C17H26FNO/c1-3-9-17(10-4-2)11-8-15(19-17)16(20)13-6-5-7-14(18)12-13/h5-7,12,15-16,19-20H,3-4,8-11H2,1-2H3/t15-,16-/m1/s1. The number of aliphatic hydroxyl groups is 1. The van der Waals surface area contributed by atoms with Crippen LogP contribution in [0, 0.1) is 5.82 Å². The van der Waals surface area contributed by atoms with E-state index in [1.165, 1.54) is 12.1 Å². The maximum atomic E-state index is 13.3. The van der Waals surface area contributed by atoms with Crippen LogP contribution in [0.25, 0.3) is 0 Å². The van der Waals surface area contributed by atoms with Gasteiger partial charge in [-0.1, -0.05) is 38.8 Å². The van der Waals surface area contributed by atoms with E-state index in [4.69, 9.17) is 0 Å². The molecule has 0 radical (unpaired) electrons. The van der Waals surface area contributed by atoms with Crippen LogP contribution in [-0.4, -0.2) is 16.7 Å². The molecule has 1 heterocycles. The van der Waals surface area contributed by atoms with E-state index in [1.54, 1.807) is 12.1 Å². The summed E-state index contributed by atoms with van der Waals surface area (Å²) in [6.07, 6.45) is 6.02. The molecule has 0 saturated carbocycles. The molecule has 1 aromatic rings. The minimum absolute atomic E-state index is 0.0369. The third kappa shape index (κ3) is 3.39. The van der Waals surface area contributed by atoms with Crippen molar-refractivity contribution in [3.05, 3.63) is 35.6 Å². The van der Waals surface area contributed by atoms with Crippen molar-refractivity contribution in [1.29, 1.82) is 0 Å². The predicted molar refractivity (Wildman–Crippen MR) is 80.1 cm³/mol. The quantitative estimate of drug-likeness (QED) is 0.826. The number of hydrogen-bond donors (Lipinski definition) is 2. The van der Waals surface area contributed by atoms with E-state index in [-0.39, 0.29) is 17.4 Å². The Labute approximate surface area is 121 Å². The monoisotopic (exact) mass is 279 g/mol. The fourth-order valence-corrected chi connectivity index (χ4v) is 3.61. The Balaban J connectivity index is 2.07. The van der Waals surface area contributed by atoms with E-state index < -0.39 is 6.10 Å². The Morgan fingerprint density at radius 2 is 2.05 bits per heavy atom. The average Bonchev–Trinajstić information content (AvgIpc) is 2.83. The number of nitrogens with one attached hydrogen (secondary N) is 1. The lowest BCUT2D eigenvalue weighted by Gasteiger charge is -2.31. The third-order valence-electron chi connectivity index (χ3n) is 4.45. The molecule has 112 valence electrons. The van der Waals surface area contributed by atoms with Crippen LogP contribution in [0.15, 0.2) is 24.3 Å². The number of benzene rings is 1. The maximum Gasteiger partial charge on any atom is 0.123 e. The smallest absolute Gasteiger partial charge is 0.123 e. The highest BCUT2D eigenvalue weighted by atomic mass is 19.1. The van der Waals surface area contributed by atoms with Crippen LogP contribution in [0.5, 0.6) is 0 Å². The zero-order chi connectivity index (χ0) is 14.6. The first-order chi connectivity index (χ1) is 9.60. The van der Waals surface area contributed by atoms with Gasteiger partial charge in [0.2, 0.25) is 0 Å². The summed E-state index contributed by atoms with van der Waals surface area (Å²) in [5.41, 5.74) is 0.842. The Kier molecular flexibility index (Phi) is 5.17. The first-order valence-electron chi connectivity index (χ1n) is 7.81. The maximum absolute atomic E-state index is 13.3. The van der Waals surface area contributed by atoms with Gasteiger partial charge >= 0.3 is 0 Å². The van der Waals surface area contributed by atoms with Crippen LogP contribution in [0.4, 0.5) is 4.39 Å². The third-order valence-corrected chi connectivity index (χ3v) is 4.45. The number of halogens is 1. The summed E-state index contributed by atoms with van der Waals surface area (Å²) in [7, 11) is 0. The van der Waals surface area contributed by atoms with Crippen molar-refractivity contribution in [1.82, 2.24) is 5.32 Å². The predicted octanol–water partition coefficient (Wildman–Crippen LogP) is 3.95. The summed E-state index contributed by atoms with van der Waals surface area (Å²) in [6.45, 7) is 4.41. The van der Waals surface area contributed by atoms with E-state index in [1.807, 2.05) is 0 Å². The molecule has 1 aliphatic heterocycles. The highest BCUT2D eigenvalue weighted by Gasteiger charge is 2.39. The van der Waals surface area contributed by atoms with Crippen molar-refractivity contribution in [2.45, 2.75) is 70.1 Å². The SMILES string of the molecule is CCCC1(CCC)CC[C@H]([C@H](O)c2cccc(F)c2)N1. The van der Waals surface area contributed by atoms with E-state index in [2.05, 4.69) is 19.2 Å². The largest absolute Gasteiger partial charge is 0.387 e. The zero-order valence-corrected chi connectivity index (χ0v) is 12.5. The van der Waals surface area contributed by atoms with E-state index >= 15 is 0 Å². The van der Waals surface area contributed by atoms with Crippen molar-refractivity contribution >= 4 is 0 Å². The van der Waals surface area contributed by atoms with Crippen LogP contribution in [-0.2, 0) is 0 Å². The molecule has 0 spiro atoms. The van der Waals surface area contributed by atoms with Gasteiger partial charge in [0, 0.05) is 11.6 Å². The average molecular weight is 279 g/mol. The van der Waals surface area contributed by atoms with Gasteiger partial charge in [-0.2, -0.15) is 0 Å². The van der Waals surface area contributed by atoms with Gasteiger partial charge in [0.15, 0.2) is 0 Å². The summed E-state index contributed by atoms with van der Waals surface area (Å²) < 4.78 is 13.3. The summed E-state index contributed by atoms with van der Waals surface area (Å²) >= 11 is 0. The molecule has 1 aliphatic rings. The molecule has 2 atom stereocenters.